The monoisotopic (exact) mass is 509 g/mol. The molecule has 9 heteroatoms. The van der Waals surface area contributed by atoms with Gasteiger partial charge in [0.05, 0.1) is 11.9 Å². The van der Waals surface area contributed by atoms with Crippen molar-refractivity contribution in [1.29, 1.82) is 0 Å². The van der Waals surface area contributed by atoms with Gasteiger partial charge in [0.25, 0.3) is 0 Å². The van der Waals surface area contributed by atoms with Crippen molar-refractivity contribution in [3.63, 3.8) is 0 Å². The molecule has 1 N–H and O–H groups in total. The number of halogens is 1. The molecule has 31 heavy (non-hydrogen) atoms. The summed E-state index contributed by atoms with van der Waals surface area (Å²) in [6.45, 7) is 3.86. The van der Waals surface area contributed by atoms with Crippen molar-refractivity contribution in [1.82, 2.24) is 10.2 Å². The first-order valence-electron chi connectivity index (χ1n) is 10.0. The molecule has 2 rings (SSSR count). The second-order valence-corrected chi connectivity index (χ2v) is 9.81. The Morgan fingerprint density at radius 1 is 1.03 bits per heavy atom. The lowest BCUT2D eigenvalue weighted by atomic mass is 10.1. The van der Waals surface area contributed by atoms with Gasteiger partial charge in [0.1, 0.15) is 12.6 Å². The maximum atomic E-state index is 13.4. The van der Waals surface area contributed by atoms with E-state index in [1.807, 2.05) is 44.2 Å². The van der Waals surface area contributed by atoms with Gasteiger partial charge in [0, 0.05) is 17.6 Å². The molecule has 0 saturated heterocycles. The Hall–Kier alpha value is -2.39. The van der Waals surface area contributed by atoms with Crippen LogP contribution < -0.4 is 9.62 Å². The number of hydrogen-bond donors (Lipinski definition) is 1. The summed E-state index contributed by atoms with van der Waals surface area (Å²) in [5.74, 6) is -0.718. The van der Waals surface area contributed by atoms with Crippen LogP contribution in [0.25, 0.3) is 0 Å². The third-order valence-electron chi connectivity index (χ3n) is 4.73. The van der Waals surface area contributed by atoms with Gasteiger partial charge in [0.2, 0.25) is 21.8 Å². The standard InChI is InChI=1S/C22H28BrN3O4S/c1-4-19(22(28)24-5-2)25(15-17-11-7-6-8-12-17)21(27)16-26(31(3,29)30)20-14-10-9-13-18(20)23/h6-14,19H,4-5,15-16H2,1-3H3,(H,24,28)/t19-/m0/s1. The number of carbonyl (C=O) groups excluding carboxylic acids is 2. The number of amides is 2. The lowest BCUT2D eigenvalue weighted by Crippen LogP contribution is -2.52. The van der Waals surface area contributed by atoms with Crippen LogP contribution in [-0.4, -0.2) is 50.5 Å². The first-order valence-corrected chi connectivity index (χ1v) is 12.7. The number of benzene rings is 2. The fraction of sp³-hybridized carbons (Fsp3) is 0.364. The Bertz CT molecular complexity index is 999. The van der Waals surface area contributed by atoms with Crippen molar-refractivity contribution in [3.05, 3.63) is 64.6 Å². The van der Waals surface area contributed by atoms with Crippen molar-refractivity contribution >= 4 is 43.5 Å². The largest absolute Gasteiger partial charge is 0.355 e. The van der Waals surface area contributed by atoms with Gasteiger partial charge >= 0.3 is 0 Å². The predicted molar refractivity (Wildman–Crippen MR) is 126 cm³/mol. The summed E-state index contributed by atoms with van der Waals surface area (Å²) < 4.78 is 26.7. The van der Waals surface area contributed by atoms with E-state index in [0.29, 0.717) is 23.1 Å². The first-order chi connectivity index (χ1) is 14.7. The van der Waals surface area contributed by atoms with Crippen molar-refractivity contribution < 1.29 is 18.0 Å². The van der Waals surface area contributed by atoms with E-state index < -0.39 is 28.5 Å². The number of rotatable bonds is 10. The number of anilines is 1. The van der Waals surface area contributed by atoms with Crippen molar-refractivity contribution in [3.8, 4) is 0 Å². The van der Waals surface area contributed by atoms with Crippen LogP contribution in [0.1, 0.15) is 25.8 Å². The summed E-state index contributed by atoms with van der Waals surface area (Å²) >= 11 is 3.36. The molecular weight excluding hydrogens is 482 g/mol. The second-order valence-electron chi connectivity index (χ2n) is 7.05. The fourth-order valence-electron chi connectivity index (χ4n) is 3.24. The summed E-state index contributed by atoms with van der Waals surface area (Å²) in [6, 6.07) is 15.4. The molecule has 0 aliphatic heterocycles. The van der Waals surface area contributed by atoms with Crippen molar-refractivity contribution in [2.45, 2.75) is 32.9 Å². The van der Waals surface area contributed by atoms with E-state index in [-0.39, 0.29) is 12.5 Å². The molecule has 168 valence electrons. The molecule has 0 heterocycles. The van der Waals surface area contributed by atoms with Gasteiger partial charge in [-0.3, -0.25) is 13.9 Å². The van der Waals surface area contributed by atoms with Gasteiger partial charge in [0.15, 0.2) is 0 Å². The zero-order valence-corrected chi connectivity index (χ0v) is 20.3. The highest BCUT2D eigenvalue weighted by molar-refractivity contribution is 9.10. The minimum atomic E-state index is -3.75. The zero-order valence-electron chi connectivity index (χ0n) is 17.9. The predicted octanol–water partition coefficient (Wildman–Crippen LogP) is 3.16. The lowest BCUT2D eigenvalue weighted by molar-refractivity contribution is -0.140. The summed E-state index contributed by atoms with van der Waals surface area (Å²) in [5.41, 5.74) is 1.22. The van der Waals surface area contributed by atoms with Crippen molar-refractivity contribution in [2.75, 3.05) is 23.7 Å². The van der Waals surface area contributed by atoms with Gasteiger partial charge in [-0.2, -0.15) is 0 Å². The highest BCUT2D eigenvalue weighted by Gasteiger charge is 2.31. The van der Waals surface area contributed by atoms with E-state index >= 15 is 0 Å². The Labute approximate surface area is 192 Å². The normalized spacial score (nSPS) is 12.1. The number of likely N-dealkylation sites (N-methyl/N-ethyl adjacent to an activating group) is 1. The van der Waals surface area contributed by atoms with Crippen LogP contribution >= 0.6 is 15.9 Å². The molecule has 2 aromatic rings. The quantitative estimate of drug-likeness (QED) is 0.532. The van der Waals surface area contributed by atoms with Gasteiger partial charge in [-0.25, -0.2) is 8.42 Å². The molecule has 0 aromatic heterocycles. The minimum Gasteiger partial charge on any atom is -0.355 e. The van der Waals surface area contributed by atoms with Crippen LogP contribution in [-0.2, 0) is 26.2 Å². The summed E-state index contributed by atoms with van der Waals surface area (Å²) in [5, 5.41) is 2.77. The smallest absolute Gasteiger partial charge is 0.244 e. The number of nitrogens with one attached hydrogen (secondary N) is 1. The summed E-state index contributed by atoms with van der Waals surface area (Å²) in [4.78, 5) is 27.5. The molecule has 0 bridgehead atoms. The van der Waals surface area contributed by atoms with Gasteiger partial charge in [-0.1, -0.05) is 49.4 Å². The van der Waals surface area contributed by atoms with Crippen LogP contribution in [0, 0.1) is 0 Å². The fourth-order valence-corrected chi connectivity index (χ4v) is 4.72. The van der Waals surface area contributed by atoms with Crippen LogP contribution in [0.4, 0.5) is 5.69 Å². The van der Waals surface area contributed by atoms with E-state index in [4.69, 9.17) is 0 Å². The summed E-state index contributed by atoms with van der Waals surface area (Å²) in [6.07, 6.45) is 1.46. The number of nitrogens with zero attached hydrogens (tertiary/aromatic N) is 2. The highest BCUT2D eigenvalue weighted by atomic mass is 79.9. The van der Waals surface area contributed by atoms with Crippen molar-refractivity contribution in [2.24, 2.45) is 0 Å². The van der Waals surface area contributed by atoms with E-state index in [0.717, 1.165) is 16.1 Å². The third kappa shape index (κ3) is 6.80. The molecule has 0 unspecified atom stereocenters. The van der Waals surface area contributed by atoms with Gasteiger partial charge < -0.3 is 10.2 Å². The molecule has 7 nitrogen and oxygen atoms in total. The Morgan fingerprint density at radius 3 is 2.19 bits per heavy atom. The number of sulfonamides is 1. The molecule has 0 saturated carbocycles. The molecule has 0 aliphatic rings. The first kappa shape index (κ1) is 24.9. The number of carbonyl (C=O) groups is 2. The Balaban J connectivity index is 2.42. The zero-order chi connectivity index (χ0) is 23.0. The Kier molecular flexibility index (Phi) is 9.06. The molecule has 1 atom stereocenters. The second kappa shape index (κ2) is 11.3. The molecular formula is C22H28BrN3O4S. The molecule has 2 aromatic carbocycles. The van der Waals surface area contributed by atoms with E-state index in [9.17, 15) is 18.0 Å². The van der Waals surface area contributed by atoms with Crippen LogP contribution in [0.3, 0.4) is 0 Å². The van der Waals surface area contributed by atoms with E-state index in [1.165, 1.54) is 4.90 Å². The molecule has 2 amide bonds. The number of para-hydroxylation sites is 1. The molecule has 0 spiro atoms. The maximum absolute atomic E-state index is 13.4. The van der Waals surface area contributed by atoms with Crippen LogP contribution in [0.2, 0.25) is 0 Å². The van der Waals surface area contributed by atoms with Crippen LogP contribution in [0.5, 0.6) is 0 Å². The minimum absolute atomic E-state index is 0.197. The topological polar surface area (TPSA) is 86.8 Å². The highest BCUT2D eigenvalue weighted by Crippen LogP contribution is 2.28. The SMILES string of the molecule is CCNC(=O)[C@H](CC)N(Cc1ccccc1)C(=O)CN(c1ccccc1Br)S(C)(=O)=O. The average molecular weight is 510 g/mol. The molecule has 0 aliphatic carbocycles. The van der Waals surface area contributed by atoms with Crippen LogP contribution in [0.15, 0.2) is 59.1 Å². The van der Waals surface area contributed by atoms with E-state index in [2.05, 4.69) is 21.2 Å². The maximum Gasteiger partial charge on any atom is 0.244 e. The van der Waals surface area contributed by atoms with E-state index in [1.54, 1.807) is 24.3 Å². The summed E-state index contributed by atoms with van der Waals surface area (Å²) in [7, 11) is -3.75. The molecule has 0 fully saturated rings. The Morgan fingerprint density at radius 2 is 1.65 bits per heavy atom. The van der Waals surface area contributed by atoms with Gasteiger partial charge in [-0.05, 0) is 47.0 Å². The van der Waals surface area contributed by atoms with Gasteiger partial charge in [-0.15, -0.1) is 0 Å². The molecule has 0 radical (unpaired) electrons. The average Bonchev–Trinajstić information content (AvgIpc) is 2.72. The number of hydrogen-bond acceptors (Lipinski definition) is 4. The third-order valence-corrected chi connectivity index (χ3v) is 6.53. The lowest BCUT2D eigenvalue weighted by Gasteiger charge is -2.33.